The molecule has 2 aliphatic rings. The number of hydrogen-bond donors (Lipinski definition) is 2. The molecule has 0 radical (unpaired) electrons. The SMILES string of the molecule is CCOC(=O)C(C(=O)NC1=C(C(=O)OC(c2ccccc2)c2ccccc2)N2C(=O)C(NC(=O)C(OC=O)c3ccccc3)[C@H]2SC1)C(=O)OCC. The van der Waals surface area contributed by atoms with E-state index in [4.69, 9.17) is 18.9 Å². The Labute approximate surface area is 302 Å². The molecule has 270 valence electrons. The number of carbonyl (C=O) groups is 7. The molecule has 15 heteroatoms. The third-order valence-corrected chi connectivity index (χ3v) is 9.28. The van der Waals surface area contributed by atoms with Gasteiger partial charge in [0.25, 0.3) is 18.3 Å². The van der Waals surface area contributed by atoms with Crippen LogP contribution < -0.4 is 10.6 Å². The summed E-state index contributed by atoms with van der Waals surface area (Å²) in [6.07, 6.45) is -2.30. The Morgan fingerprint density at radius 2 is 1.33 bits per heavy atom. The molecule has 3 atom stereocenters. The van der Waals surface area contributed by atoms with E-state index in [9.17, 15) is 33.6 Å². The summed E-state index contributed by atoms with van der Waals surface area (Å²) in [7, 11) is 0. The summed E-state index contributed by atoms with van der Waals surface area (Å²) >= 11 is 1.09. The number of fused-ring (bicyclic) bond motifs is 1. The van der Waals surface area contributed by atoms with Gasteiger partial charge in [-0.2, -0.15) is 0 Å². The highest BCUT2D eigenvalue weighted by Crippen LogP contribution is 2.41. The van der Waals surface area contributed by atoms with Crippen molar-refractivity contribution in [1.82, 2.24) is 15.5 Å². The van der Waals surface area contributed by atoms with Crippen LogP contribution in [0.15, 0.2) is 102 Å². The van der Waals surface area contributed by atoms with Crippen LogP contribution in [0, 0.1) is 5.92 Å². The van der Waals surface area contributed by atoms with Gasteiger partial charge >= 0.3 is 17.9 Å². The summed E-state index contributed by atoms with van der Waals surface area (Å²) in [5.74, 6) is -8.13. The Morgan fingerprint density at radius 3 is 1.83 bits per heavy atom. The Balaban J connectivity index is 1.49. The van der Waals surface area contributed by atoms with Crippen molar-refractivity contribution in [2.75, 3.05) is 19.0 Å². The van der Waals surface area contributed by atoms with Gasteiger partial charge in [0.15, 0.2) is 11.8 Å². The molecule has 0 bridgehead atoms. The summed E-state index contributed by atoms with van der Waals surface area (Å²) in [6.45, 7) is 2.88. The first kappa shape index (κ1) is 37.3. The molecule has 0 spiro atoms. The molecule has 0 saturated carbocycles. The predicted octanol–water partition coefficient (Wildman–Crippen LogP) is 2.70. The standard InChI is InChI=1S/C37H35N3O11S/c1-3-48-35(45)26(36(46)49-4-2)31(42)38-25-20-52-34-27(39-32(43)30(50-21-41)24-18-12-7-13-19-24)33(44)40(34)28(25)37(47)51-29(22-14-8-5-9-15-22)23-16-10-6-11-17-23/h5-19,21,26-27,29-30,34H,3-4,20H2,1-2H3,(H,38,42)(H,39,43)/t27?,30?,34-/m1/s1. The minimum Gasteiger partial charge on any atom is -0.465 e. The fourth-order valence-corrected chi connectivity index (χ4v) is 6.92. The van der Waals surface area contributed by atoms with Crippen LogP contribution in [0.25, 0.3) is 0 Å². The summed E-state index contributed by atoms with van der Waals surface area (Å²) < 4.78 is 21.0. The summed E-state index contributed by atoms with van der Waals surface area (Å²) in [4.78, 5) is 92.7. The molecule has 2 unspecified atom stereocenters. The molecule has 2 N–H and O–H groups in total. The Hall–Kier alpha value is -5.96. The molecule has 3 amide bonds. The van der Waals surface area contributed by atoms with Crippen molar-refractivity contribution in [3.8, 4) is 0 Å². The molecular weight excluding hydrogens is 694 g/mol. The first-order chi connectivity index (χ1) is 25.2. The first-order valence-electron chi connectivity index (χ1n) is 16.3. The number of amides is 3. The van der Waals surface area contributed by atoms with E-state index in [2.05, 4.69) is 10.6 Å². The van der Waals surface area contributed by atoms with Crippen molar-refractivity contribution >= 4 is 53.9 Å². The van der Waals surface area contributed by atoms with Crippen molar-refractivity contribution in [1.29, 1.82) is 0 Å². The normalized spacial score (nSPS) is 16.9. The van der Waals surface area contributed by atoms with Crippen LogP contribution in [-0.4, -0.2) is 77.4 Å². The monoisotopic (exact) mass is 729 g/mol. The van der Waals surface area contributed by atoms with Crippen LogP contribution in [0.4, 0.5) is 0 Å². The van der Waals surface area contributed by atoms with Crippen LogP contribution in [0.5, 0.6) is 0 Å². The second kappa shape index (κ2) is 17.3. The number of benzene rings is 3. The van der Waals surface area contributed by atoms with E-state index < -0.39 is 65.2 Å². The number of carbonyl (C=O) groups excluding carboxylic acids is 7. The minimum absolute atomic E-state index is 0.121. The summed E-state index contributed by atoms with van der Waals surface area (Å²) in [6, 6.07) is 24.7. The lowest BCUT2D eigenvalue weighted by Crippen LogP contribution is -2.71. The van der Waals surface area contributed by atoms with Gasteiger partial charge in [-0.25, -0.2) is 4.79 Å². The summed E-state index contributed by atoms with van der Waals surface area (Å²) in [5.41, 5.74) is 1.11. The number of rotatable bonds is 15. The van der Waals surface area contributed by atoms with Gasteiger partial charge in [-0.05, 0) is 25.0 Å². The van der Waals surface area contributed by atoms with Crippen molar-refractivity contribution in [3.63, 3.8) is 0 Å². The molecule has 3 aromatic carbocycles. The zero-order valence-corrected chi connectivity index (χ0v) is 28.9. The van der Waals surface area contributed by atoms with E-state index in [1.54, 1.807) is 91.0 Å². The quantitative estimate of drug-likeness (QED) is 0.0768. The van der Waals surface area contributed by atoms with Crippen LogP contribution in [0.2, 0.25) is 0 Å². The van der Waals surface area contributed by atoms with Gasteiger partial charge in [0.05, 0.1) is 18.9 Å². The second-order valence-corrected chi connectivity index (χ2v) is 12.4. The van der Waals surface area contributed by atoms with E-state index in [0.29, 0.717) is 16.7 Å². The smallest absolute Gasteiger partial charge is 0.357 e. The van der Waals surface area contributed by atoms with Gasteiger partial charge in [-0.15, -0.1) is 11.8 Å². The molecule has 3 aromatic rings. The van der Waals surface area contributed by atoms with E-state index in [1.165, 1.54) is 13.8 Å². The van der Waals surface area contributed by atoms with E-state index in [0.717, 1.165) is 16.7 Å². The molecule has 2 heterocycles. The maximum absolute atomic E-state index is 14.3. The number of nitrogens with zero attached hydrogens (tertiary/aromatic N) is 1. The third kappa shape index (κ3) is 8.15. The molecule has 0 aliphatic carbocycles. The van der Waals surface area contributed by atoms with E-state index >= 15 is 0 Å². The van der Waals surface area contributed by atoms with Crippen molar-refractivity contribution in [3.05, 3.63) is 119 Å². The predicted molar refractivity (Wildman–Crippen MR) is 184 cm³/mol. The van der Waals surface area contributed by atoms with Gasteiger partial charge in [0.2, 0.25) is 17.9 Å². The van der Waals surface area contributed by atoms with Gasteiger partial charge < -0.3 is 29.6 Å². The minimum atomic E-state index is -2.03. The highest BCUT2D eigenvalue weighted by molar-refractivity contribution is 8.00. The number of esters is 3. The number of β-lactam (4-membered cyclic amide) rings is 1. The molecular formula is C37H35N3O11S. The number of hydrogen-bond acceptors (Lipinski definition) is 12. The van der Waals surface area contributed by atoms with Gasteiger partial charge in [0.1, 0.15) is 11.4 Å². The Bertz CT molecular complexity index is 1780. The summed E-state index contributed by atoms with van der Waals surface area (Å²) in [5, 5.41) is 4.23. The molecule has 14 nitrogen and oxygen atoms in total. The van der Waals surface area contributed by atoms with E-state index in [1.807, 2.05) is 0 Å². The molecule has 2 aliphatic heterocycles. The molecule has 5 rings (SSSR count). The van der Waals surface area contributed by atoms with Crippen LogP contribution >= 0.6 is 11.8 Å². The van der Waals surface area contributed by atoms with Gasteiger partial charge in [0, 0.05) is 11.3 Å². The average Bonchev–Trinajstić information content (AvgIpc) is 3.16. The second-order valence-electron chi connectivity index (χ2n) is 11.3. The molecule has 1 fully saturated rings. The zero-order valence-electron chi connectivity index (χ0n) is 28.1. The lowest BCUT2D eigenvalue weighted by Gasteiger charge is -2.49. The van der Waals surface area contributed by atoms with Crippen molar-refractivity contribution in [2.45, 2.75) is 37.5 Å². The molecule has 0 aromatic heterocycles. The van der Waals surface area contributed by atoms with Gasteiger partial charge in [-0.3, -0.25) is 33.7 Å². The van der Waals surface area contributed by atoms with Crippen LogP contribution in [0.1, 0.15) is 42.7 Å². The largest absolute Gasteiger partial charge is 0.465 e. The maximum atomic E-state index is 14.3. The fourth-order valence-electron chi connectivity index (χ4n) is 5.64. The molecule has 1 saturated heterocycles. The highest BCUT2D eigenvalue weighted by Gasteiger charge is 2.55. The molecule has 52 heavy (non-hydrogen) atoms. The lowest BCUT2D eigenvalue weighted by atomic mass is 10.0. The van der Waals surface area contributed by atoms with Crippen molar-refractivity contribution < 1.29 is 52.5 Å². The Morgan fingerprint density at radius 1 is 0.808 bits per heavy atom. The topological polar surface area (TPSA) is 184 Å². The first-order valence-corrected chi connectivity index (χ1v) is 17.3. The lowest BCUT2D eigenvalue weighted by molar-refractivity contribution is -0.164. The number of nitrogens with one attached hydrogen (secondary N) is 2. The Kier molecular flexibility index (Phi) is 12.4. The van der Waals surface area contributed by atoms with E-state index in [-0.39, 0.29) is 36.8 Å². The number of thioether (sulfide) groups is 1. The third-order valence-electron chi connectivity index (χ3n) is 8.00. The fraction of sp³-hybridized carbons (Fsp3) is 0.270. The van der Waals surface area contributed by atoms with Crippen molar-refractivity contribution in [2.24, 2.45) is 5.92 Å². The van der Waals surface area contributed by atoms with Crippen LogP contribution in [0.3, 0.4) is 0 Å². The highest BCUT2D eigenvalue weighted by atomic mass is 32.2. The van der Waals surface area contributed by atoms with Crippen LogP contribution in [-0.2, 0) is 52.5 Å². The number of ether oxygens (including phenoxy) is 4. The van der Waals surface area contributed by atoms with Gasteiger partial charge in [-0.1, -0.05) is 91.0 Å². The zero-order chi connectivity index (χ0) is 37.2. The average molecular weight is 730 g/mol. The maximum Gasteiger partial charge on any atom is 0.357 e.